The molecule has 1 aliphatic rings. The van der Waals surface area contributed by atoms with Crippen molar-refractivity contribution in [3.8, 4) is 5.75 Å². The first-order valence-electron chi connectivity index (χ1n) is 7.83. The molecule has 2 aromatic carbocycles. The van der Waals surface area contributed by atoms with Gasteiger partial charge in [-0.15, -0.1) is 0 Å². The molecule has 1 heterocycles. The minimum Gasteiger partial charge on any atom is -0.497 e. The van der Waals surface area contributed by atoms with E-state index in [0.717, 1.165) is 10.6 Å². The molecule has 25 heavy (non-hydrogen) atoms. The molecule has 0 radical (unpaired) electrons. The molecule has 128 valence electrons. The van der Waals surface area contributed by atoms with Crippen LogP contribution in [0.2, 0.25) is 0 Å². The highest BCUT2D eigenvalue weighted by atomic mass is 35.5. The molecule has 6 heteroatoms. The zero-order valence-corrected chi connectivity index (χ0v) is 14.7. The topological polar surface area (TPSA) is 49.9 Å². The number of methoxy groups -OCH3 is 1. The predicted molar refractivity (Wildman–Crippen MR) is 97.8 cm³/mol. The van der Waals surface area contributed by atoms with E-state index in [1.807, 2.05) is 37.3 Å². The number of nitrogens with zero attached hydrogens (tertiary/aromatic N) is 2. The summed E-state index contributed by atoms with van der Waals surface area (Å²) in [5.74, 6) is -0.434. The van der Waals surface area contributed by atoms with Crippen molar-refractivity contribution in [1.82, 2.24) is 0 Å². The summed E-state index contributed by atoms with van der Waals surface area (Å²) in [7, 11) is 1.53. The van der Waals surface area contributed by atoms with Crippen LogP contribution in [0.15, 0.2) is 65.3 Å². The summed E-state index contributed by atoms with van der Waals surface area (Å²) in [6, 6.07) is 16.1. The lowest BCUT2D eigenvalue weighted by molar-refractivity contribution is -0.120. The van der Waals surface area contributed by atoms with Gasteiger partial charge in [0.25, 0.3) is 11.8 Å². The Balaban J connectivity index is 2.01. The summed E-state index contributed by atoms with van der Waals surface area (Å²) in [5, 5.41) is -0.0847. The number of rotatable bonds is 5. The van der Waals surface area contributed by atoms with Gasteiger partial charge in [-0.05, 0) is 31.2 Å². The molecule has 0 atom stereocenters. The Morgan fingerprint density at radius 3 is 2.40 bits per heavy atom. The lowest BCUT2D eigenvalue weighted by Gasteiger charge is -2.24. The van der Waals surface area contributed by atoms with Gasteiger partial charge in [0.2, 0.25) is 0 Å². The lowest BCUT2D eigenvalue weighted by Crippen LogP contribution is -2.35. The minimum absolute atomic E-state index is 0.0847. The maximum Gasteiger partial charge on any atom is 0.283 e. The number of ether oxygens (including phenoxy) is 1. The van der Waals surface area contributed by atoms with Gasteiger partial charge in [-0.3, -0.25) is 9.59 Å². The van der Waals surface area contributed by atoms with Crippen molar-refractivity contribution >= 4 is 34.8 Å². The van der Waals surface area contributed by atoms with E-state index in [0.29, 0.717) is 18.0 Å². The number of imide groups is 1. The molecule has 0 fully saturated rings. The summed E-state index contributed by atoms with van der Waals surface area (Å²) in [6.45, 7) is 2.40. The van der Waals surface area contributed by atoms with Crippen molar-refractivity contribution in [2.75, 3.05) is 23.5 Å². The third-order valence-electron chi connectivity index (χ3n) is 3.97. The van der Waals surface area contributed by atoms with Gasteiger partial charge in [-0.2, -0.15) is 0 Å². The van der Waals surface area contributed by atoms with Crippen LogP contribution in [-0.2, 0) is 9.59 Å². The first-order chi connectivity index (χ1) is 12.1. The van der Waals surface area contributed by atoms with Crippen molar-refractivity contribution in [2.24, 2.45) is 0 Å². The van der Waals surface area contributed by atoms with Gasteiger partial charge in [0.05, 0.1) is 12.8 Å². The van der Waals surface area contributed by atoms with Gasteiger partial charge in [0.15, 0.2) is 0 Å². The zero-order valence-electron chi connectivity index (χ0n) is 13.9. The average molecular weight is 357 g/mol. The number of anilines is 2. The van der Waals surface area contributed by atoms with Crippen molar-refractivity contribution in [2.45, 2.75) is 6.92 Å². The second-order valence-corrected chi connectivity index (χ2v) is 5.77. The first-order valence-corrected chi connectivity index (χ1v) is 8.21. The molecular formula is C19H17ClN2O3. The highest BCUT2D eigenvalue weighted by molar-refractivity contribution is 6.53. The second kappa shape index (κ2) is 6.99. The molecule has 3 rings (SSSR count). The van der Waals surface area contributed by atoms with Gasteiger partial charge in [-0.25, -0.2) is 4.90 Å². The number of para-hydroxylation sites is 1. The summed E-state index contributed by atoms with van der Waals surface area (Å²) in [5.41, 5.74) is 1.40. The fraction of sp³-hybridized carbons (Fsp3) is 0.158. The van der Waals surface area contributed by atoms with E-state index >= 15 is 0 Å². The number of hydrogen-bond donors (Lipinski definition) is 0. The fourth-order valence-corrected chi connectivity index (χ4v) is 3.05. The Morgan fingerprint density at radius 1 is 1.04 bits per heavy atom. The molecule has 0 unspecified atom stereocenters. The Labute approximate surface area is 151 Å². The van der Waals surface area contributed by atoms with Crippen LogP contribution in [-0.4, -0.2) is 25.5 Å². The maximum absolute atomic E-state index is 13.0. The molecule has 0 aromatic heterocycles. The Kier molecular flexibility index (Phi) is 4.76. The highest BCUT2D eigenvalue weighted by Crippen LogP contribution is 2.34. The molecule has 0 N–H and O–H groups in total. The second-order valence-electron chi connectivity index (χ2n) is 5.39. The minimum atomic E-state index is -0.538. The van der Waals surface area contributed by atoms with Gasteiger partial charge < -0.3 is 9.64 Å². The van der Waals surface area contributed by atoms with Gasteiger partial charge in [0, 0.05) is 18.3 Å². The van der Waals surface area contributed by atoms with Crippen LogP contribution in [0.25, 0.3) is 0 Å². The Morgan fingerprint density at radius 2 is 1.76 bits per heavy atom. The third-order valence-corrected chi connectivity index (χ3v) is 4.31. The van der Waals surface area contributed by atoms with Crippen molar-refractivity contribution in [3.63, 3.8) is 0 Å². The van der Waals surface area contributed by atoms with Gasteiger partial charge in [-0.1, -0.05) is 35.9 Å². The van der Waals surface area contributed by atoms with Crippen molar-refractivity contribution < 1.29 is 14.3 Å². The maximum atomic E-state index is 13.0. The lowest BCUT2D eigenvalue weighted by atomic mass is 10.2. The SMILES string of the molecule is CCN(C1=C(Cl)C(=O)N(c2cccc(OC)c2)C1=O)c1ccccc1. The monoisotopic (exact) mass is 356 g/mol. The van der Waals surface area contributed by atoms with Crippen LogP contribution in [0.5, 0.6) is 5.75 Å². The summed E-state index contributed by atoms with van der Waals surface area (Å²) < 4.78 is 5.17. The van der Waals surface area contributed by atoms with Crippen molar-refractivity contribution in [1.29, 1.82) is 0 Å². The van der Waals surface area contributed by atoms with E-state index in [-0.39, 0.29) is 10.7 Å². The summed E-state index contributed by atoms with van der Waals surface area (Å²) >= 11 is 6.26. The van der Waals surface area contributed by atoms with Crippen LogP contribution in [0.4, 0.5) is 11.4 Å². The molecule has 0 spiro atoms. The number of amides is 2. The third kappa shape index (κ3) is 2.98. The fourth-order valence-electron chi connectivity index (χ4n) is 2.79. The van der Waals surface area contributed by atoms with Crippen LogP contribution in [0.1, 0.15) is 6.92 Å². The predicted octanol–water partition coefficient (Wildman–Crippen LogP) is 3.55. The molecule has 5 nitrogen and oxygen atoms in total. The molecule has 0 saturated carbocycles. The number of halogens is 1. The van der Waals surface area contributed by atoms with E-state index in [2.05, 4.69) is 0 Å². The van der Waals surface area contributed by atoms with E-state index in [1.54, 1.807) is 29.2 Å². The van der Waals surface area contributed by atoms with E-state index in [9.17, 15) is 9.59 Å². The van der Waals surface area contributed by atoms with Crippen LogP contribution >= 0.6 is 11.6 Å². The summed E-state index contributed by atoms with van der Waals surface area (Å²) in [4.78, 5) is 28.4. The average Bonchev–Trinajstić information content (AvgIpc) is 2.87. The molecule has 2 amide bonds. The van der Waals surface area contributed by atoms with E-state index < -0.39 is 11.8 Å². The standard InChI is InChI=1S/C19H17ClN2O3/c1-3-21(13-8-5-4-6-9-13)17-16(20)18(23)22(19(17)24)14-10-7-11-15(12-14)25-2/h4-12H,3H2,1-2H3. The molecule has 2 aromatic rings. The molecule has 0 bridgehead atoms. The number of likely N-dealkylation sites (N-methyl/N-ethyl adjacent to an activating group) is 1. The van der Waals surface area contributed by atoms with E-state index in [1.165, 1.54) is 7.11 Å². The number of hydrogen-bond acceptors (Lipinski definition) is 4. The van der Waals surface area contributed by atoms with Crippen molar-refractivity contribution in [3.05, 3.63) is 65.3 Å². The molecule has 0 aliphatic carbocycles. The molecular weight excluding hydrogens is 340 g/mol. The number of carbonyl (C=O) groups excluding carboxylic acids is 2. The molecule has 1 aliphatic heterocycles. The van der Waals surface area contributed by atoms with Gasteiger partial charge >= 0.3 is 0 Å². The van der Waals surface area contributed by atoms with E-state index in [4.69, 9.17) is 16.3 Å². The van der Waals surface area contributed by atoms with Crippen LogP contribution in [0, 0.1) is 0 Å². The number of carbonyl (C=O) groups is 2. The zero-order chi connectivity index (χ0) is 18.0. The van der Waals surface area contributed by atoms with Crippen LogP contribution in [0.3, 0.4) is 0 Å². The van der Waals surface area contributed by atoms with Crippen LogP contribution < -0.4 is 14.5 Å². The molecule has 0 saturated heterocycles. The Bertz CT molecular complexity index is 849. The highest BCUT2D eigenvalue weighted by Gasteiger charge is 2.41. The largest absolute Gasteiger partial charge is 0.497 e. The quantitative estimate of drug-likeness (QED) is 0.769. The Hall–Kier alpha value is -2.79. The normalized spacial score (nSPS) is 14.3. The smallest absolute Gasteiger partial charge is 0.283 e. The number of benzene rings is 2. The van der Waals surface area contributed by atoms with Gasteiger partial charge in [0.1, 0.15) is 16.5 Å². The summed E-state index contributed by atoms with van der Waals surface area (Å²) in [6.07, 6.45) is 0. The first kappa shape index (κ1) is 17.0.